The molecule has 0 amide bonds. The number of hydrogen-bond donors (Lipinski definition) is 1. The second kappa shape index (κ2) is 6.06. The lowest BCUT2D eigenvalue weighted by Crippen LogP contribution is -2.25. The Bertz CT molecular complexity index is 449. The number of hydrogen-bond acceptors (Lipinski definition) is 3. The highest BCUT2D eigenvalue weighted by Crippen LogP contribution is 2.32. The van der Waals surface area contributed by atoms with Crippen molar-refractivity contribution in [1.29, 1.82) is 0 Å². The van der Waals surface area contributed by atoms with Gasteiger partial charge in [0.1, 0.15) is 5.75 Å². The standard InChI is InChI=1S/C15H23NO3/c1-15(2,3)12-8-11(6-7-13(12)19-5)9-16(4)10-14(17)18/h6-8H,9-10H2,1-5H3,(H,17,18). The minimum atomic E-state index is -0.813. The first kappa shape index (κ1) is 15.5. The maximum atomic E-state index is 10.7. The van der Waals surface area contributed by atoms with Crippen LogP contribution < -0.4 is 4.74 Å². The van der Waals surface area contributed by atoms with Crippen molar-refractivity contribution >= 4 is 5.97 Å². The number of likely N-dealkylation sites (N-methyl/N-ethyl adjacent to an activating group) is 1. The van der Waals surface area contributed by atoms with Crippen LogP contribution in [0.3, 0.4) is 0 Å². The summed E-state index contributed by atoms with van der Waals surface area (Å²) >= 11 is 0. The Hall–Kier alpha value is -1.55. The number of methoxy groups -OCH3 is 1. The average Bonchev–Trinajstić information content (AvgIpc) is 2.26. The molecule has 0 saturated heterocycles. The highest BCUT2D eigenvalue weighted by Gasteiger charge is 2.19. The number of ether oxygens (including phenoxy) is 1. The van der Waals surface area contributed by atoms with Crippen LogP contribution in [0.5, 0.6) is 5.75 Å². The third-order valence-electron chi connectivity index (χ3n) is 2.93. The Morgan fingerprint density at radius 1 is 1.37 bits per heavy atom. The van der Waals surface area contributed by atoms with E-state index in [9.17, 15) is 4.79 Å². The number of carboxylic acids is 1. The fraction of sp³-hybridized carbons (Fsp3) is 0.533. The summed E-state index contributed by atoms with van der Waals surface area (Å²) < 4.78 is 5.39. The number of carboxylic acid groups (broad SMARTS) is 1. The van der Waals surface area contributed by atoms with Gasteiger partial charge in [-0.1, -0.05) is 32.9 Å². The lowest BCUT2D eigenvalue weighted by molar-refractivity contribution is -0.138. The second-order valence-corrected chi connectivity index (χ2v) is 5.85. The zero-order valence-electron chi connectivity index (χ0n) is 12.4. The van der Waals surface area contributed by atoms with Gasteiger partial charge < -0.3 is 9.84 Å². The summed E-state index contributed by atoms with van der Waals surface area (Å²) in [7, 11) is 3.47. The van der Waals surface area contributed by atoms with E-state index in [0.29, 0.717) is 6.54 Å². The molecule has 1 rings (SSSR count). The highest BCUT2D eigenvalue weighted by molar-refractivity contribution is 5.69. The fourth-order valence-corrected chi connectivity index (χ4v) is 2.04. The van der Waals surface area contributed by atoms with E-state index >= 15 is 0 Å². The molecular weight excluding hydrogens is 242 g/mol. The van der Waals surface area contributed by atoms with Crippen LogP contribution in [0.1, 0.15) is 31.9 Å². The molecule has 0 saturated carbocycles. The number of nitrogens with zero attached hydrogens (tertiary/aromatic N) is 1. The lowest BCUT2D eigenvalue weighted by atomic mass is 9.85. The van der Waals surface area contributed by atoms with Crippen LogP contribution in [0.25, 0.3) is 0 Å². The normalized spacial score (nSPS) is 11.7. The third-order valence-corrected chi connectivity index (χ3v) is 2.93. The van der Waals surface area contributed by atoms with E-state index in [1.807, 2.05) is 12.1 Å². The molecule has 0 unspecified atom stereocenters. The molecule has 0 fully saturated rings. The van der Waals surface area contributed by atoms with Crippen LogP contribution in [0.4, 0.5) is 0 Å². The summed E-state index contributed by atoms with van der Waals surface area (Å²) in [5.41, 5.74) is 2.22. The van der Waals surface area contributed by atoms with Crippen molar-refractivity contribution in [3.05, 3.63) is 29.3 Å². The van der Waals surface area contributed by atoms with Gasteiger partial charge >= 0.3 is 5.97 Å². The predicted octanol–water partition coefficient (Wildman–Crippen LogP) is 2.51. The Morgan fingerprint density at radius 3 is 2.47 bits per heavy atom. The van der Waals surface area contributed by atoms with E-state index in [1.165, 1.54) is 0 Å². The predicted molar refractivity (Wildman–Crippen MR) is 75.7 cm³/mol. The van der Waals surface area contributed by atoms with Gasteiger partial charge in [-0.05, 0) is 29.7 Å². The van der Waals surface area contributed by atoms with Crippen molar-refractivity contribution in [3.63, 3.8) is 0 Å². The first-order chi connectivity index (χ1) is 8.74. The summed E-state index contributed by atoms with van der Waals surface area (Å²) in [5.74, 6) is 0.0594. The van der Waals surface area contributed by atoms with Gasteiger partial charge in [0, 0.05) is 6.54 Å². The van der Waals surface area contributed by atoms with Crippen LogP contribution in [-0.4, -0.2) is 36.7 Å². The van der Waals surface area contributed by atoms with Crippen LogP contribution in [0, 0.1) is 0 Å². The average molecular weight is 265 g/mol. The highest BCUT2D eigenvalue weighted by atomic mass is 16.5. The molecule has 0 aliphatic carbocycles. The minimum absolute atomic E-state index is 0.00722. The molecule has 1 aromatic rings. The van der Waals surface area contributed by atoms with Crippen molar-refractivity contribution < 1.29 is 14.6 Å². The molecule has 0 aromatic heterocycles. The van der Waals surface area contributed by atoms with E-state index < -0.39 is 5.97 Å². The maximum Gasteiger partial charge on any atom is 0.317 e. The molecule has 0 bridgehead atoms. The van der Waals surface area contributed by atoms with Gasteiger partial charge in [0.25, 0.3) is 0 Å². The lowest BCUT2D eigenvalue weighted by Gasteiger charge is -2.24. The largest absolute Gasteiger partial charge is 0.496 e. The smallest absolute Gasteiger partial charge is 0.317 e. The topological polar surface area (TPSA) is 49.8 Å². The van der Waals surface area contributed by atoms with Gasteiger partial charge in [-0.3, -0.25) is 9.69 Å². The zero-order chi connectivity index (χ0) is 14.6. The summed E-state index contributed by atoms with van der Waals surface area (Å²) in [6.45, 7) is 7.05. The van der Waals surface area contributed by atoms with E-state index in [1.54, 1.807) is 19.1 Å². The number of rotatable bonds is 5. The van der Waals surface area contributed by atoms with E-state index in [-0.39, 0.29) is 12.0 Å². The van der Waals surface area contributed by atoms with Crippen molar-refractivity contribution in [2.45, 2.75) is 32.7 Å². The molecule has 0 spiro atoms. The van der Waals surface area contributed by atoms with Crippen LogP contribution in [0.2, 0.25) is 0 Å². The van der Waals surface area contributed by atoms with Crippen LogP contribution in [-0.2, 0) is 16.8 Å². The van der Waals surface area contributed by atoms with Crippen molar-refractivity contribution in [3.8, 4) is 5.75 Å². The van der Waals surface area contributed by atoms with Gasteiger partial charge in [0.05, 0.1) is 13.7 Å². The molecule has 0 atom stereocenters. The van der Waals surface area contributed by atoms with Crippen molar-refractivity contribution in [2.24, 2.45) is 0 Å². The molecule has 0 heterocycles. The molecule has 0 radical (unpaired) electrons. The molecule has 4 nitrogen and oxygen atoms in total. The van der Waals surface area contributed by atoms with Gasteiger partial charge in [0.2, 0.25) is 0 Å². The molecule has 106 valence electrons. The first-order valence-corrected chi connectivity index (χ1v) is 6.31. The third kappa shape index (κ3) is 4.56. The van der Waals surface area contributed by atoms with Crippen molar-refractivity contribution in [2.75, 3.05) is 20.7 Å². The van der Waals surface area contributed by atoms with E-state index in [0.717, 1.165) is 16.9 Å². The summed E-state index contributed by atoms with van der Waals surface area (Å²) in [5, 5.41) is 8.77. The quantitative estimate of drug-likeness (QED) is 0.888. The number of benzene rings is 1. The Kier molecular flexibility index (Phi) is 4.95. The van der Waals surface area contributed by atoms with Gasteiger partial charge in [-0.15, -0.1) is 0 Å². The molecule has 1 N–H and O–H groups in total. The molecule has 0 aliphatic heterocycles. The second-order valence-electron chi connectivity index (χ2n) is 5.85. The number of aliphatic carboxylic acids is 1. The molecular formula is C15H23NO3. The summed E-state index contributed by atoms with van der Waals surface area (Å²) in [6.07, 6.45) is 0. The Balaban J connectivity index is 2.96. The monoisotopic (exact) mass is 265 g/mol. The van der Waals surface area contributed by atoms with Gasteiger partial charge in [0.15, 0.2) is 0 Å². The first-order valence-electron chi connectivity index (χ1n) is 6.31. The molecule has 0 aliphatic rings. The van der Waals surface area contributed by atoms with Crippen LogP contribution >= 0.6 is 0 Å². The summed E-state index contributed by atoms with van der Waals surface area (Å²) in [4.78, 5) is 12.4. The summed E-state index contributed by atoms with van der Waals surface area (Å²) in [6, 6.07) is 6.02. The Labute approximate surface area is 115 Å². The van der Waals surface area contributed by atoms with E-state index in [2.05, 4.69) is 26.8 Å². The fourth-order valence-electron chi connectivity index (χ4n) is 2.04. The molecule has 1 aromatic carbocycles. The van der Waals surface area contributed by atoms with E-state index in [4.69, 9.17) is 9.84 Å². The SMILES string of the molecule is COc1ccc(CN(C)CC(=O)O)cc1C(C)(C)C. The van der Waals surface area contributed by atoms with Crippen LogP contribution in [0.15, 0.2) is 18.2 Å². The van der Waals surface area contributed by atoms with Gasteiger partial charge in [-0.2, -0.15) is 0 Å². The number of carbonyl (C=O) groups is 1. The molecule has 19 heavy (non-hydrogen) atoms. The van der Waals surface area contributed by atoms with Crippen molar-refractivity contribution in [1.82, 2.24) is 4.90 Å². The van der Waals surface area contributed by atoms with Gasteiger partial charge in [-0.25, -0.2) is 0 Å². The zero-order valence-corrected chi connectivity index (χ0v) is 12.4. The maximum absolute atomic E-state index is 10.7. The Morgan fingerprint density at radius 2 is 2.00 bits per heavy atom. The molecule has 4 heteroatoms. The minimum Gasteiger partial charge on any atom is -0.496 e.